The number of carbonyl (C=O) groups is 1. The maximum atomic E-state index is 12.5. The summed E-state index contributed by atoms with van der Waals surface area (Å²) in [4.78, 5) is 16.6. The predicted octanol–water partition coefficient (Wildman–Crippen LogP) is 2.92. The van der Waals surface area contributed by atoms with Crippen LogP contribution in [0.3, 0.4) is 0 Å². The zero-order valence-corrected chi connectivity index (χ0v) is 16.9. The van der Waals surface area contributed by atoms with Crippen molar-refractivity contribution in [3.63, 3.8) is 0 Å². The summed E-state index contributed by atoms with van der Waals surface area (Å²) in [5, 5.41) is 8.35. The molecule has 7 nitrogen and oxygen atoms in total. The lowest BCUT2D eigenvalue weighted by Gasteiger charge is -2.28. The van der Waals surface area contributed by atoms with Crippen LogP contribution in [-0.2, 0) is 9.53 Å². The van der Waals surface area contributed by atoms with Crippen molar-refractivity contribution in [2.75, 3.05) is 44.3 Å². The molecule has 0 bridgehead atoms. The Hall–Kier alpha value is -2.06. The van der Waals surface area contributed by atoms with E-state index in [2.05, 4.69) is 41.1 Å². The first-order valence-electron chi connectivity index (χ1n) is 9.34. The van der Waals surface area contributed by atoms with Crippen LogP contribution in [0.25, 0.3) is 11.5 Å². The minimum absolute atomic E-state index is 0.0756. The highest BCUT2D eigenvalue weighted by Crippen LogP contribution is 2.28. The van der Waals surface area contributed by atoms with Gasteiger partial charge in [-0.1, -0.05) is 11.8 Å². The average Bonchev–Trinajstić information content (AvgIpc) is 3.18. The fourth-order valence-corrected chi connectivity index (χ4v) is 3.79. The van der Waals surface area contributed by atoms with Crippen LogP contribution in [0, 0.1) is 0 Å². The number of benzene rings is 1. The fourth-order valence-electron chi connectivity index (χ4n) is 3.02. The zero-order valence-electron chi connectivity index (χ0n) is 16.1. The molecule has 146 valence electrons. The van der Waals surface area contributed by atoms with Crippen LogP contribution >= 0.6 is 11.8 Å². The molecule has 1 aliphatic heterocycles. The normalized spacial score (nSPS) is 15.6. The van der Waals surface area contributed by atoms with E-state index >= 15 is 0 Å². The molecular weight excluding hydrogens is 364 g/mol. The molecule has 1 aromatic heterocycles. The Kier molecular flexibility index (Phi) is 6.73. The third-order valence-electron chi connectivity index (χ3n) is 4.60. The standard InChI is InChI=1S/C19H26N4O3S/c1-4-22(5-2)16-8-6-15(7-9-16)17-20-21-19(26-17)27-14(3)18(24)23-10-12-25-13-11-23/h6-9,14H,4-5,10-13H2,1-3H3/t14-/m0/s1. The highest BCUT2D eigenvalue weighted by molar-refractivity contribution is 8.00. The molecule has 27 heavy (non-hydrogen) atoms. The molecule has 1 aliphatic rings. The van der Waals surface area contributed by atoms with Gasteiger partial charge in [-0.2, -0.15) is 0 Å². The first kappa shape index (κ1) is 19.7. The molecule has 8 heteroatoms. The van der Waals surface area contributed by atoms with Gasteiger partial charge in [0, 0.05) is 37.4 Å². The van der Waals surface area contributed by atoms with E-state index < -0.39 is 0 Å². The van der Waals surface area contributed by atoms with Crippen LogP contribution < -0.4 is 4.90 Å². The van der Waals surface area contributed by atoms with E-state index in [9.17, 15) is 4.79 Å². The second-order valence-electron chi connectivity index (χ2n) is 6.29. The Morgan fingerprint density at radius 1 is 1.19 bits per heavy atom. The SMILES string of the molecule is CCN(CC)c1ccc(-c2nnc(S[C@@H](C)C(=O)N3CCOCC3)o2)cc1. The van der Waals surface area contributed by atoms with Crippen LogP contribution in [0.2, 0.25) is 0 Å². The van der Waals surface area contributed by atoms with Crippen molar-refractivity contribution in [1.29, 1.82) is 0 Å². The average molecular weight is 391 g/mol. The Bertz CT molecular complexity index is 740. The van der Waals surface area contributed by atoms with Crippen LogP contribution in [0.5, 0.6) is 0 Å². The van der Waals surface area contributed by atoms with E-state index in [0.29, 0.717) is 37.4 Å². The Morgan fingerprint density at radius 2 is 1.85 bits per heavy atom. The molecule has 1 fully saturated rings. The molecule has 2 heterocycles. The van der Waals surface area contributed by atoms with Gasteiger partial charge in [0.25, 0.3) is 5.22 Å². The highest BCUT2D eigenvalue weighted by Gasteiger charge is 2.25. The first-order chi connectivity index (χ1) is 13.1. The minimum atomic E-state index is -0.276. The van der Waals surface area contributed by atoms with Crippen molar-refractivity contribution in [3.05, 3.63) is 24.3 Å². The summed E-state index contributed by atoms with van der Waals surface area (Å²) in [7, 11) is 0. The number of anilines is 1. The van der Waals surface area contributed by atoms with E-state index in [1.807, 2.05) is 24.0 Å². The van der Waals surface area contributed by atoms with Crippen molar-refractivity contribution in [2.45, 2.75) is 31.2 Å². The number of amides is 1. The highest BCUT2D eigenvalue weighted by atomic mass is 32.2. The van der Waals surface area contributed by atoms with Gasteiger partial charge in [0.2, 0.25) is 11.8 Å². The lowest BCUT2D eigenvalue weighted by molar-refractivity contribution is -0.134. The molecule has 0 aliphatic carbocycles. The van der Waals surface area contributed by atoms with E-state index in [4.69, 9.17) is 9.15 Å². The number of rotatable bonds is 7. The number of hydrogen-bond donors (Lipinski definition) is 0. The van der Waals surface area contributed by atoms with Crippen molar-refractivity contribution in [1.82, 2.24) is 15.1 Å². The molecule has 2 aromatic rings. The van der Waals surface area contributed by atoms with Crippen LogP contribution in [-0.4, -0.2) is 65.6 Å². The molecule has 0 spiro atoms. The molecule has 1 amide bonds. The van der Waals surface area contributed by atoms with Crippen LogP contribution in [0.15, 0.2) is 33.9 Å². The Morgan fingerprint density at radius 3 is 2.48 bits per heavy atom. The second kappa shape index (κ2) is 9.23. The topological polar surface area (TPSA) is 71.7 Å². The Labute approximate surface area is 164 Å². The van der Waals surface area contributed by atoms with Gasteiger partial charge in [-0.25, -0.2) is 0 Å². The van der Waals surface area contributed by atoms with Gasteiger partial charge in [-0.3, -0.25) is 4.79 Å². The summed E-state index contributed by atoms with van der Waals surface area (Å²) in [6.45, 7) is 10.5. The summed E-state index contributed by atoms with van der Waals surface area (Å²) in [6.07, 6.45) is 0. The van der Waals surface area contributed by atoms with Crippen molar-refractivity contribution in [2.24, 2.45) is 0 Å². The molecule has 0 N–H and O–H groups in total. The number of hydrogen-bond acceptors (Lipinski definition) is 7. The molecule has 0 saturated carbocycles. The molecule has 1 aromatic carbocycles. The lowest BCUT2D eigenvalue weighted by atomic mass is 10.2. The number of thioether (sulfide) groups is 1. The van der Waals surface area contributed by atoms with Gasteiger partial charge in [0.05, 0.1) is 18.5 Å². The number of morpholine rings is 1. The monoisotopic (exact) mass is 390 g/mol. The molecule has 3 rings (SSSR count). The summed E-state index contributed by atoms with van der Waals surface area (Å²) in [6, 6.07) is 8.09. The fraction of sp³-hybridized carbons (Fsp3) is 0.526. The maximum Gasteiger partial charge on any atom is 0.277 e. The van der Waals surface area contributed by atoms with E-state index in [1.165, 1.54) is 17.4 Å². The quantitative estimate of drug-likeness (QED) is 0.673. The van der Waals surface area contributed by atoms with Gasteiger partial charge in [-0.15, -0.1) is 10.2 Å². The second-order valence-corrected chi connectivity index (χ2v) is 7.58. The van der Waals surface area contributed by atoms with Crippen molar-refractivity contribution >= 4 is 23.4 Å². The van der Waals surface area contributed by atoms with Crippen molar-refractivity contribution in [3.8, 4) is 11.5 Å². The summed E-state index contributed by atoms with van der Waals surface area (Å²) in [5.74, 6) is 0.543. The zero-order chi connectivity index (χ0) is 19.2. The molecule has 1 atom stereocenters. The molecule has 1 saturated heterocycles. The smallest absolute Gasteiger partial charge is 0.277 e. The van der Waals surface area contributed by atoms with Gasteiger partial charge < -0.3 is 19.0 Å². The predicted molar refractivity (Wildman–Crippen MR) is 106 cm³/mol. The third kappa shape index (κ3) is 4.81. The third-order valence-corrected chi connectivity index (χ3v) is 5.52. The number of ether oxygens (including phenoxy) is 1. The van der Waals surface area contributed by atoms with Crippen LogP contribution in [0.4, 0.5) is 5.69 Å². The van der Waals surface area contributed by atoms with Gasteiger partial charge in [0.1, 0.15) is 0 Å². The van der Waals surface area contributed by atoms with Gasteiger partial charge >= 0.3 is 0 Å². The maximum absolute atomic E-state index is 12.5. The van der Waals surface area contributed by atoms with Crippen LogP contribution in [0.1, 0.15) is 20.8 Å². The van der Waals surface area contributed by atoms with E-state index in [0.717, 1.165) is 18.7 Å². The molecular formula is C19H26N4O3S. The van der Waals surface area contributed by atoms with E-state index in [1.54, 1.807) is 0 Å². The largest absolute Gasteiger partial charge is 0.411 e. The Balaban J connectivity index is 1.63. The van der Waals surface area contributed by atoms with Gasteiger partial charge in [0.15, 0.2) is 0 Å². The van der Waals surface area contributed by atoms with Gasteiger partial charge in [-0.05, 0) is 45.0 Å². The summed E-state index contributed by atoms with van der Waals surface area (Å²) < 4.78 is 11.1. The minimum Gasteiger partial charge on any atom is -0.411 e. The number of carbonyl (C=O) groups excluding carboxylic acids is 1. The number of nitrogens with zero attached hydrogens (tertiary/aromatic N) is 4. The molecule has 0 unspecified atom stereocenters. The summed E-state index contributed by atoms with van der Waals surface area (Å²) >= 11 is 1.30. The number of aromatic nitrogens is 2. The molecule has 0 radical (unpaired) electrons. The lowest BCUT2D eigenvalue weighted by Crippen LogP contribution is -2.44. The first-order valence-corrected chi connectivity index (χ1v) is 10.2. The van der Waals surface area contributed by atoms with Crippen molar-refractivity contribution < 1.29 is 13.9 Å². The summed E-state index contributed by atoms with van der Waals surface area (Å²) in [5.41, 5.74) is 2.04. The van der Waals surface area contributed by atoms with E-state index in [-0.39, 0.29) is 11.2 Å².